The van der Waals surface area contributed by atoms with Gasteiger partial charge in [-0.05, 0) is 36.1 Å². The lowest BCUT2D eigenvalue weighted by atomic mass is 9.74. The molecule has 0 spiro atoms. The van der Waals surface area contributed by atoms with Crippen LogP contribution in [-0.2, 0) is 24.5 Å². The first-order valence-corrected chi connectivity index (χ1v) is 11.3. The number of carbonyl (C=O) groups excluding carboxylic acids is 3. The number of imide groups is 1. The quantitative estimate of drug-likeness (QED) is 0.606. The Morgan fingerprint density at radius 1 is 1.15 bits per heavy atom. The lowest BCUT2D eigenvalue weighted by Crippen LogP contribution is -2.44. The lowest BCUT2D eigenvalue weighted by molar-refractivity contribution is -0.143. The van der Waals surface area contributed by atoms with E-state index in [1.807, 2.05) is 31.2 Å². The van der Waals surface area contributed by atoms with E-state index in [1.54, 1.807) is 23.1 Å². The fraction of sp³-hybridized carbons (Fsp3) is 0.423. The number of methoxy groups -OCH3 is 1. The predicted octanol–water partition coefficient (Wildman–Crippen LogP) is 3.18. The van der Waals surface area contributed by atoms with Gasteiger partial charge in [0.25, 0.3) is 0 Å². The molecule has 3 amide bonds. The zero-order valence-electron chi connectivity index (χ0n) is 19.1. The van der Waals surface area contributed by atoms with E-state index in [1.165, 1.54) is 18.1 Å². The van der Waals surface area contributed by atoms with Crippen molar-refractivity contribution in [1.82, 2.24) is 9.80 Å². The predicted molar refractivity (Wildman–Crippen MR) is 121 cm³/mol. The van der Waals surface area contributed by atoms with E-state index in [2.05, 4.69) is 0 Å². The number of hydrogen-bond donors (Lipinski definition) is 0. The van der Waals surface area contributed by atoms with E-state index in [-0.39, 0.29) is 55.4 Å². The molecule has 2 aromatic carbocycles. The maximum absolute atomic E-state index is 14.3. The molecule has 0 radical (unpaired) electrons. The molecule has 0 aliphatic carbocycles. The molecule has 2 unspecified atom stereocenters. The summed E-state index contributed by atoms with van der Waals surface area (Å²) < 4.78 is 19.3. The van der Waals surface area contributed by atoms with Crippen molar-refractivity contribution in [2.24, 2.45) is 0 Å². The summed E-state index contributed by atoms with van der Waals surface area (Å²) in [6.07, 6.45) is 0.531. The molecule has 7 heteroatoms. The largest absolute Gasteiger partial charge is 0.383 e. The summed E-state index contributed by atoms with van der Waals surface area (Å²) in [5.41, 5.74) is 0.954. The van der Waals surface area contributed by atoms with Crippen LogP contribution < -0.4 is 0 Å². The maximum Gasteiger partial charge on any atom is 0.240 e. The Balaban J connectivity index is 1.60. The number of nitrogens with zero attached hydrogens (tertiary/aromatic N) is 2. The van der Waals surface area contributed by atoms with Crippen LogP contribution in [0.15, 0.2) is 48.5 Å². The number of amides is 3. The molecule has 2 aliphatic rings. The number of aryl methyl sites for hydroxylation is 1. The van der Waals surface area contributed by atoms with Crippen molar-refractivity contribution in [3.8, 4) is 0 Å². The summed E-state index contributed by atoms with van der Waals surface area (Å²) in [5.74, 6) is -1.18. The summed E-state index contributed by atoms with van der Waals surface area (Å²) in [4.78, 5) is 42.8. The Bertz CT molecular complexity index is 1070. The summed E-state index contributed by atoms with van der Waals surface area (Å²) in [7, 11) is 1.52. The van der Waals surface area contributed by atoms with Crippen LogP contribution in [0, 0.1) is 12.7 Å². The molecular weight excluding hydrogens is 423 g/mol. The molecule has 2 aliphatic heterocycles. The zero-order chi connectivity index (χ0) is 23.6. The minimum Gasteiger partial charge on any atom is -0.383 e. The van der Waals surface area contributed by atoms with Gasteiger partial charge in [0.15, 0.2) is 0 Å². The molecule has 2 aromatic rings. The van der Waals surface area contributed by atoms with E-state index in [9.17, 15) is 18.8 Å². The van der Waals surface area contributed by atoms with Crippen molar-refractivity contribution in [3.05, 3.63) is 71.0 Å². The van der Waals surface area contributed by atoms with E-state index in [0.717, 1.165) is 5.56 Å². The Labute approximate surface area is 193 Å². The van der Waals surface area contributed by atoms with Crippen LogP contribution in [0.25, 0.3) is 0 Å². The van der Waals surface area contributed by atoms with Crippen molar-refractivity contribution in [3.63, 3.8) is 0 Å². The first-order chi connectivity index (χ1) is 15.9. The molecule has 0 N–H and O–H groups in total. The highest BCUT2D eigenvalue weighted by Crippen LogP contribution is 2.42. The number of rotatable bonds is 7. The van der Waals surface area contributed by atoms with Crippen LogP contribution >= 0.6 is 0 Å². The van der Waals surface area contributed by atoms with Crippen molar-refractivity contribution < 1.29 is 23.5 Å². The Morgan fingerprint density at radius 2 is 1.88 bits per heavy atom. The third kappa shape index (κ3) is 4.29. The second-order valence-corrected chi connectivity index (χ2v) is 8.94. The summed E-state index contributed by atoms with van der Waals surface area (Å²) >= 11 is 0. The van der Waals surface area contributed by atoms with Gasteiger partial charge in [0.2, 0.25) is 17.7 Å². The Morgan fingerprint density at radius 3 is 2.61 bits per heavy atom. The smallest absolute Gasteiger partial charge is 0.240 e. The lowest BCUT2D eigenvalue weighted by Gasteiger charge is -2.30. The third-order valence-electron chi connectivity index (χ3n) is 6.93. The number of hydrogen-bond acceptors (Lipinski definition) is 4. The highest BCUT2D eigenvalue weighted by Gasteiger charge is 2.54. The molecule has 0 saturated carbocycles. The van der Waals surface area contributed by atoms with Gasteiger partial charge in [-0.25, -0.2) is 4.39 Å². The molecule has 33 heavy (non-hydrogen) atoms. The van der Waals surface area contributed by atoms with Gasteiger partial charge < -0.3 is 9.64 Å². The average Bonchev–Trinajstić information content (AvgIpc) is 3.37. The minimum atomic E-state index is -1.23. The number of benzene rings is 2. The standard InChI is InChI=1S/C26H29FN2O4/c1-18-7-3-5-9-21(18)26(16-24(31)29(25(26)32)13-14-33-2)15-23(30)28-12-11-19(17-28)20-8-4-6-10-22(20)27/h3-10,19H,11-17H2,1-2H3. The van der Waals surface area contributed by atoms with E-state index < -0.39 is 5.41 Å². The van der Waals surface area contributed by atoms with E-state index in [0.29, 0.717) is 30.6 Å². The van der Waals surface area contributed by atoms with Gasteiger partial charge in [0.1, 0.15) is 5.82 Å². The third-order valence-corrected chi connectivity index (χ3v) is 6.93. The minimum absolute atomic E-state index is 0.0449. The molecule has 2 atom stereocenters. The topological polar surface area (TPSA) is 66.9 Å². The average molecular weight is 453 g/mol. The molecule has 6 nitrogen and oxygen atoms in total. The molecule has 2 heterocycles. The van der Waals surface area contributed by atoms with Gasteiger partial charge in [-0.15, -0.1) is 0 Å². The van der Waals surface area contributed by atoms with Gasteiger partial charge in [-0.2, -0.15) is 0 Å². The normalized spacial score (nSPS) is 22.9. The SMILES string of the molecule is COCCN1C(=O)CC(CC(=O)N2CCC(c3ccccc3F)C2)(c2ccccc2C)C1=O. The molecule has 0 bridgehead atoms. The van der Waals surface area contributed by atoms with E-state index in [4.69, 9.17) is 4.74 Å². The van der Waals surface area contributed by atoms with E-state index >= 15 is 0 Å². The number of halogens is 1. The van der Waals surface area contributed by atoms with Gasteiger partial charge in [-0.1, -0.05) is 42.5 Å². The molecule has 0 aromatic heterocycles. The highest BCUT2D eigenvalue weighted by molar-refractivity contribution is 6.11. The first kappa shape index (κ1) is 23.1. The molecule has 2 fully saturated rings. The summed E-state index contributed by atoms with van der Waals surface area (Å²) in [6.45, 7) is 3.19. The summed E-state index contributed by atoms with van der Waals surface area (Å²) in [6, 6.07) is 14.1. The molecule has 174 valence electrons. The second kappa shape index (κ2) is 9.43. The first-order valence-electron chi connectivity index (χ1n) is 11.3. The molecule has 2 saturated heterocycles. The second-order valence-electron chi connectivity index (χ2n) is 8.94. The Hall–Kier alpha value is -3.06. The van der Waals surface area contributed by atoms with Crippen LogP contribution in [0.4, 0.5) is 4.39 Å². The van der Waals surface area contributed by atoms with Gasteiger partial charge in [-0.3, -0.25) is 19.3 Å². The van der Waals surface area contributed by atoms with Crippen LogP contribution in [0.2, 0.25) is 0 Å². The van der Waals surface area contributed by atoms with Crippen molar-refractivity contribution in [2.75, 3.05) is 33.4 Å². The van der Waals surface area contributed by atoms with Crippen molar-refractivity contribution >= 4 is 17.7 Å². The van der Waals surface area contributed by atoms with Gasteiger partial charge in [0, 0.05) is 39.0 Å². The van der Waals surface area contributed by atoms with Crippen molar-refractivity contribution in [1.29, 1.82) is 0 Å². The number of ether oxygens (including phenoxy) is 1. The summed E-state index contributed by atoms with van der Waals surface area (Å²) in [5, 5.41) is 0. The molecular formula is C26H29FN2O4. The maximum atomic E-state index is 14.3. The number of likely N-dealkylation sites (tertiary alicyclic amines) is 2. The van der Waals surface area contributed by atoms with Gasteiger partial charge in [0.05, 0.1) is 18.6 Å². The zero-order valence-corrected chi connectivity index (χ0v) is 19.1. The van der Waals surface area contributed by atoms with Crippen LogP contribution in [0.3, 0.4) is 0 Å². The van der Waals surface area contributed by atoms with Crippen LogP contribution in [-0.4, -0.2) is 60.9 Å². The Kier molecular flexibility index (Phi) is 6.61. The monoisotopic (exact) mass is 452 g/mol. The highest BCUT2D eigenvalue weighted by atomic mass is 19.1. The fourth-order valence-corrected chi connectivity index (χ4v) is 5.18. The van der Waals surface area contributed by atoms with Gasteiger partial charge >= 0.3 is 0 Å². The van der Waals surface area contributed by atoms with Crippen molar-refractivity contribution in [2.45, 2.75) is 37.5 Å². The fourth-order valence-electron chi connectivity index (χ4n) is 5.18. The van der Waals surface area contributed by atoms with Crippen LogP contribution in [0.1, 0.15) is 41.9 Å². The number of carbonyl (C=O) groups is 3. The van der Waals surface area contributed by atoms with Crippen LogP contribution in [0.5, 0.6) is 0 Å². The molecule has 4 rings (SSSR count).